The van der Waals surface area contributed by atoms with Gasteiger partial charge in [-0.3, -0.25) is 4.79 Å². The van der Waals surface area contributed by atoms with Gasteiger partial charge in [0, 0.05) is 13.0 Å². The molecule has 0 bridgehead atoms. The van der Waals surface area contributed by atoms with Gasteiger partial charge in [0.15, 0.2) is 0 Å². The number of nitrogens with one attached hydrogen (secondary N) is 1. The average Bonchev–Trinajstić information content (AvgIpc) is 2.64. The molecule has 4 heteroatoms. The number of hydrogen-bond donors (Lipinski definition) is 1. The van der Waals surface area contributed by atoms with Gasteiger partial charge in [-0.1, -0.05) is 0 Å². The number of likely N-dealkylation sites (tertiary alicyclic amines) is 1. The highest BCUT2D eigenvalue weighted by atomic mass is 16.2. The van der Waals surface area contributed by atoms with E-state index >= 15 is 0 Å². The van der Waals surface area contributed by atoms with Crippen LogP contribution in [0.4, 0.5) is 0 Å². The van der Waals surface area contributed by atoms with E-state index in [1.165, 1.54) is 0 Å². The number of H-pyrrole nitrogens is 1. The minimum atomic E-state index is 0.257. The van der Waals surface area contributed by atoms with Crippen molar-refractivity contribution in [3.63, 3.8) is 0 Å². The van der Waals surface area contributed by atoms with E-state index in [4.69, 9.17) is 0 Å². The molecule has 0 radical (unpaired) electrons. The van der Waals surface area contributed by atoms with Gasteiger partial charge < -0.3 is 9.88 Å². The van der Waals surface area contributed by atoms with Crippen molar-refractivity contribution in [2.24, 2.45) is 0 Å². The van der Waals surface area contributed by atoms with Crippen LogP contribution < -0.4 is 0 Å². The zero-order valence-electron chi connectivity index (χ0n) is 7.71. The number of amides is 1. The molecular weight excluding hydrogens is 166 g/mol. The average molecular weight is 179 g/mol. The van der Waals surface area contributed by atoms with Crippen molar-refractivity contribution in [2.75, 3.05) is 6.54 Å². The normalized spacial score (nSPS) is 17.0. The molecule has 2 heterocycles. The molecule has 1 fully saturated rings. The maximum Gasteiger partial charge on any atom is 0.222 e. The van der Waals surface area contributed by atoms with Crippen molar-refractivity contribution in [1.29, 1.82) is 0 Å². The van der Waals surface area contributed by atoms with Gasteiger partial charge in [-0.15, -0.1) is 0 Å². The third-order valence-corrected chi connectivity index (χ3v) is 2.29. The zero-order chi connectivity index (χ0) is 9.26. The summed E-state index contributed by atoms with van der Waals surface area (Å²) in [5, 5.41) is 0. The van der Waals surface area contributed by atoms with E-state index in [-0.39, 0.29) is 5.91 Å². The molecule has 1 N–H and O–H groups in total. The molecule has 0 aliphatic carbocycles. The Hall–Kier alpha value is -1.32. The van der Waals surface area contributed by atoms with Crippen molar-refractivity contribution in [3.05, 3.63) is 17.7 Å². The van der Waals surface area contributed by atoms with Crippen LogP contribution in [0.2, 0.25) is 0 Å². The maximum absolute atomic E-state index is 11.3. The summed E-state index contributed by atoms with van der Waals surface area (Å²) in [5.74, 6) is 1.16. The smallest absolute Gasteiger partial charge is 0.222 e. The van der Waals surface area contributed by atoms with E-state index in [2.05, 4.69) is 9.97 Å². The molecular formula is C9H13N3O. The van der Waals surface area contributed by atoms with Crippen molar-refractivity contribution in [3.8, 4) is 0 Å². The fourth-order valence-electron chi connectivity index (χ4n) is 1.63. The highest BCUT2D eigenvalue weighted by molar-refractivity contribution is 5.77. The van der Waals surface area contributed by atoms with Crippen LogP contribution in [-0.2, 0) is 11.3 Å². The van der Waals surface area contributed by atoms with Crippen LogP contribution in [0.5, 0.6) is 0 Å². The monoisotopic (exact) mass is 179 g/mol. The summed E-state index contributed by atoms with van der Waals surface area (Å²) >= 11 is 0. The highest BCUT2D eigenvalue weighted by Crippen LogP contribution is 2.12. The molecule has 1 aromatic rings. The first-order chi connectivity index (χ1) is 6.25. The Kier molecular flexibility index (Phi) is 2.04. The molecule has 13 heavy (non-hydrogen) atoms. The van der Waals surface area contributed by atoms with Gasteiger partial charge in [0.05, 0.1) is 18.4 Å². The lowest BCUT2D eigenvalue weighted by Crippen LogP contribution is -2.23. The number of nitrogens with zero attached hydrogens (tertiary/aromatic N) is 2. The summed E-state index contributed by atoms with van der Waals surface area (Å²) in [7, 11) is 0. The standard InChI is InChI=1S/C9H13N3O/c1-7-10-5-8(11-7)6-12-4-2-3-9(12)13/h5H,2-4,6H2,1H3,(H,10,11). The van der Waals surface area contributed by atoms with Crippen molar-refractivity contribution in [1.82, 2.24) is 14.9 Å². The molecule has 1 aliphatic heterocycles. The third kappa shape index (κ3) is 1.71. The predicted octanol–water partition coefficient (Wildman–Crippen LogP) is 0.841. The van der Waals surface area contributed by atoms with Gasteiger partial charge in [-0.2, -0.15) is 0 Å². The van der Waals surface area contributed by atoms with Crippen LogP contribution in [0, 0.1) is 6.92 Å². The number of aryl methyl sites for hydroxylation is 1. The first-order valence-corrected chi connectivity index (χ1v) is 4.54. The molecule has 0 atom stereocenters. The molecule has 70 valence electrons. The Morgan fingerprint density at radius 2 is 2.54 bits per heavy atom. The Morgan fingerprint density at radius 1 is 1.69 bits per heavy atom. The number of hydrogen-bond acceptors (Lipinski definition) is 2. The largest absolute Gasteiger partial charge is 0.345 e. The topological polar surface area (TPSA) is 49.0 Å². The molecule has 0 spiro atoms. The summed E-state index contributed by atoms with van der Waals surface area (Å²) in [5.41, 5.74) is 1.02. The first kappa shape index (κ1) is 8.29. The van der Waals surface area contributed by atoms with Gasteiger partial charge in [-0.25, -0.2) is 4.98 Å². The second-order valence-corrected chi connectivity index (χ2v) is 3.41. The molecule has 4 nitrogen and oxygen atoms in total. The number of carbonyl (C=O) groups is 1. The summed E-state index contributed by atoms with van der Waals surface area (Å²) < 4.78 is 0. The lowest BCUT2D eigenvalue weighted by atomic mass is 10.4. The summed E-state index contributed by atoms with van der Waals surface area (Å²) in [6.07, 6.45) is 3.49. The van der Waals surface area contributed by atoms with Crippen LogP contribution in [0.3, 0.4) is 0 Å². The van der Waals surface area contributed by atoms with Gasteiger partial charge in [0.25, 0.3) is 0 Å². The van der Waals surface area contributed by atoms with Crippen molar-refractivity contribution < 1.29 is 4.79 Å². The van der Waals surface area contributed by atoms with Crippen LogP contribution >= 0.6 is 0 Å². The Morgan fingerprint density at radius 3 is 3.08 bits per heavy atom. The van der Waals surface area contributed by atoms with Crippen LogP contribution in [0.25, 0.3) is 0 Å². The van der Waals surface area contributed by atoms with Gasteiger partial charge in [0.1, 0.15) is 5.82 Å². The summed E-state index contributed by atoms with van der Waals surface area (Å²) in [4.78, 5) is 20.4. The van der Waals surface area contributed by atoms with Crippen molar-refractivity contribution in [2.45, 2.75) is 26.3 Å². The first-order valence-electron chi connectivity index (χ1n) is 4.54. The molecule has 1 amide bonds. The molecule has 1 aromatic heterocycles. The van der Waals surface area contributed by atoms with Crippen molar-refractivity contribution >= 4 is 5.91 Å². The summed E-state index contributed by atoms with van der Waals surface area (Å²) in [6.45, 7) is 3.48. The number of imidazole rings is 1. The van der Waals surface area contributed by atoms with E-state index in [0.717, 1.165) is 24.5 Å². The van der Waals surface area contributed by atoms with E-state index in [0.29, 0.717) is 13.0 Å². The molecule has 0 unspecified atom stereocenters. The number of aromatic nitrogens is 2. The van der Waals surface area contributed by atoms with Gasteiger partial charge >= 0.3 is 0 Å². The SMILES string of the molecule is Cc1ncc(CN2CCCC2=O)[nH]1. The fourth-order valence-corrected chi connectivity index (χ4v) is 1.63. The highest BCUT2D eigenvalue weighted by Gasteiger charge is 2.20. The lowest BCUT2D eigenvalue weighted by molar-refractivity contribution is -0.128. The fraction of sp³-hybridized carbons (Fsp3) is 0.556. The molecule has 0 aromatic carbocycles. The second-order valence-electron chi connectivity index (χ2n) is 3.41. The Balaban J connectivity index is 2.01. The van der Waals surface area contributed by atoms with E-state index in [1.54, 1.807) is 6.20 Å². The number of rotatable bonds is 2. The van der Waals surface area contributed by atoms with E-state index in [1.807, 2.05) is 11.8 Å². The Bertz CT molecular complexity index is 318. The van der Waals surface area contributed by atoms with Gasteiger partial charge in [0.2, 0.25) is 5.91 Å². The van der Waals surface area contributed by atoms with Gasteiger partial charge in [-0.05, 0) is 13.3 Å². The number of aromatic amines is 1. The minimum Gasteiger partial charge on any atom is -0.345 e. The van der Waals surface area contributed by atoms with E-state index < -0.39 is 0 Å². The van der Waals surface area contributed by atoms with E-state index in [9.17, 15) is 4.79 Å². The third-order valence-electron chi connectivity index (χ3n) is 2.29. The quantitative estimate of drug-likeness (QED) is 0.731. The maximum atomic E-state index is 11.3. The minimum absolute atomic E-state index is 0.257. The van der Waals surface area contributed by atoms with Crippen LogP contribution in [0.1, 0.15) is 24.4 Å². The predicted molar refractivity (Wildman–Crippen MR) is 48.0 cm³/mol. The van der Waals surface area contributed by atoms with Crippen LogP contribution in [-0.4, -0.2) is 27.3 Å². The Labute approximate surface area is 77.0 Å². The zero-order valence-corrected chi connectivity index (χ0v) is 7.71. The van der Waals surface area contributed by atoms with Crippen LogP contribution in [0.15, 0.2) is 6.20 Å². The molecule has 1 saturated heterocycles. The number of carbonyl (C=O) groups excluding carboxylic acids is 1. The lowest BCUT2D eigenvalue weighted by Gasteiger charge is -2.13. The molecule has 0 saturated carbocycles. The molecule has 2 rings (SSSR count). The molecule has 1 aliphatic rings. The summed E-state index contributed by atoms with van der Waals surface area (Å²) in [6, 6.07) is 0. The second kappa shape index (κ2) is 3.20.